The summed E-state index contributed by atoms with van der Waals surface area (Å²) in [5, 5.41) is 9.64. The quantitative estimate of drug-likeness (QED) is 0.0383. The highest BCUT2D eigenvalue weighted by atomic mass is 16.5. The lowest BCUT2D eigenvalue weighted by molar-refractivity contribution is -0.143. The number of aliphatic hydroxyl groups is 1. The SMILES string of the molecule is CCCCCCCCC(CCCCCCCC)OC(CCCCCCCN(CCO)CCCCCCCCCC(=O)OCCCCCCC)=C1CCC1. The Labute approximate surface area is 331 Å². The maximum absolute atomic E-state index is 11.9. The first-order chi connectivity index (χ1) is 26.1. The van der Waals surface area contributed by atoms with E-state index in [1.807, 2.05) is 0 Å². The molecule has 0 aromatic rings. The molecule has 1 N–H and O–H groups in total. The first-order valence-electron chi connectivity index (χ1n) is 24.0. The summed E-state index contributed by atoms with van der Waals surface area (Å²) < 4.78 is 12.3. The summed E-state index contributed by atoms with van der Waals surface area (Å²) in [5.74, 6) is 1.39. The van der Waals surface area contributed by atoms with Gasteiger partial charge in [-0.3, -0.25) is 4.79 Å². The molecule has 53 heavy (non-hydrogen) atoms. The number of aliphatic hydroxyl groups excluding tert-OH is 1. The number of nitrogens with zero attached hydrogens (tertiary/aromatic N) is 1. The van der Waals surface area contributed by atoms with Crippen molar-refractivity contribution in [3.63, 3.8) is 0 Å². The molecule has 0 aliphatic heterocycles. The fourth-order valence-corrected chi connectivity index (χ4v) is 7.80. The Morgan fingerprint density at radius 2 is 0.981 bits per heavy atom. The van der Waals surface area contributed by atoms with E-state index < -0.39 is 0 Å². The van der Waals surface area contributed by atoms with Crippen LogP contribution in [-0.2, 0) is 14.3 Å². The van der Waals surface area contributed by atoms with Crippen molar-refractivity contribution in [2.75, 3.05) is 32.8 Å². The molecular weight excluding hydrogens is 655 g/mol. The first-order valence-corrected chi connectivity index (χ1v) is 24.0. The fourth-order valence-electron chi connectivity index (χ4n) is 7.80. The summed E-state index contributed by atoms with van der Waals surface area (Å²) in [6, 6.07) is 0. The molecule has 0 saturated heterocycles. The van der Waals surface area contributed by atoms with Crippen molar-refractivity contribution in [3.05, 3.63) is 11.3 Å². The molecule has 0 amide bonds. The van der Waals surface area contributed by atoms with Crippen LogP contribution in [0.5, 0.6) is 0 Å². The first kappa shape index (κ1) is 49.9. The van der Waals surface area contributed by atoms with Crippen LogP contribution in [0.4, 0.5) is 0 Å². The minimum Gasteiger partial charge on any atom is -0.495 e. The van der Waals surface area contributed by atoms with E-state index in [0.29, 0.717) is 19.1 Å². The van der Waals surface area contributed by atoms with Gasteiger partial charge in [0, 0.05) is 19.4 Å². The predicted octanol–water partition coefficient (Wildman–Crippen LogP) is 14.6. The number of unbranched alkanes of at least 4 members (excludes halogenated alkanes) is 24. The van der Waals surface area contributed by atoms with Gasteiger partial charge >= 0.3 is 5.97 Å². The van der Waals surface area contributed by atoms with Crippen LogP contribution in [0.3, 0.4) is 0 Å². The molecule has 0 unspecified atom stereocenters. The van der Waals surface area contributed by atoms with E-state index >= 15 is 0 Å². The predicted molar refractivity (Wildman–Crippen MR) is 230 cm³/mol. The molecule has 5 nitrogen and oxygen atoms in total. The molecule has 314 valence electrons. The molecule has 0 atom stereocenters. The normalized spacial score (nSPS) is 12.9. The second kappa shape index (κ2) is 39.2. The van der Waals surface area contributed by atoms with Crippen molar-refractivity contribution >= 4 is 5.97 Å². The molecule has 0 aromatic carbocycles. The van der Waals surface area contributed by atoms with E-state index in [-0.39, 0.29) is 12.6 Å². The van der Waals surface area contributed by atoms with Gasteiger partial charge in [0.05, 0.1) is 25.1 Å². The standard InChI is InChI=1S/C48H93NO4/c1-4-7-10-13-19-26-36-46(37-27-20-14-11-8-5-2)53-47(45-34-33-35-45)38-28-21-18-24-31-41-49(42-43-50)40-30-23-17-15-16-22-29-39-48(51)52-44-32-25-12-9-6-3/h46,50H,4-44H2,1-3H3. The van der Waals surface area contributed by atoms with Gasteiger partial charge in [0.15, 0.2) is 0 Å². The summed E-state index contributed by atoms with van der Waals surface area (Å²) in [7, 11) is 0. The smallest absolute Gasteiger partial charge is 0.305 e. The second-order valence-corrected chi connectivity index (χ2v) is 16.7. The summed E-state index contributed by atoms with van der Waals surface area (Å²) in [5.41, 5.74) is 1.64. The maximum Gasteiger partial charge on any atom is 0.305 e. The molecule has 1 fully saturated rings. The van der Waals surface area contributed by atoms with Crippen LogP contribution in [0.25, 0.3) is 0 Å². The zero-order valence-corrected chi connectivity index (χ0v) is 36.2. The third-order valence-electron chi connectivity index (χ3n) is 11.6. The molecular formula is C48H93NO4. The average molecular weight is 748 g/mol. The van der Waals surface area contributed by atoms with Crippen LogP contribution in [0.15, 0.2) is 11.3 Å². The van der Waals surface area contributed by atoms with Crippen molar-refractivity contribution < 1.29 is 19.4 Å². The highest BCUT2D eigenvalue weighted by Crippen LogP contribution is 2.33. The number of carbonyl (C=O) groups excluding carboxylic acids is 1. The van der Waals surface area contributed by atoms with E-state index in [4.69, 9.17) is 9.47 Å². The van der Waals surface area contributed by atoms with Gasteiger partial charge in [-0.1, -0.05) is 162 Å². The van der Waals surface area contributed by atoms with Gasteiger partial charge in [-0.05, 0) is 95.7 Å². The Hall–Kier alpha value is -1.07. The monoisotopic (exact) mass is 748 g/mol. The lowest BCUT2D eigenvalue weighted by Crippen LogP contribution is -2.29. The maximum atomic E-state index is 11.9. The number of allylic oxidation sites excluding steroid dienone is 2. The van der Waals surface area contributed by atoms with Gasteiger partial charge in [-0.25, -0.2) is 0 Å². The number of hydrogen-bond acceptors (Lipinski definition) is 5. The number of rotatable bonds is 42. The van der Waals surface area contributed by atoms with E-state index in [1.54, 1.807) is 5.57 Å². The summed E-state index contributed by atoms with van der Waals surface area (Å²) in [6.45, 7) is 10.7. The van der Waals surface area contributed by atoms with Crippen molar-refractivity contribution in [2.24, 2.45) is 0 Å². The molecule has 0 bridgehead atoms. The highest BCUT2D eigenvalue weighted by molar-refractivity contribution is 5.69. The fraction of sp³-hybridized carbons (Fsp3) is 0.938. The molecule has 1 rings (SSSR count). The van der Waals surface area contributed by atoms with Crippen LogP contribution in [0.2, 0.25) is 0 Å². The van der Waals surface area contributed by atoms with Crippen molar-refractivity contribution in [1.29, 1.82) is 0 Å². The number of carbonyl (C=O) groups is 1. The van der Waals surface area contributed by atoms with Crippen LogP contribution in [0.1, 0.15) is 252 Å². The second-order valence-electron chi connectivity index (χ2n) is 16.7. The lowest BCUT2D eigenvalue weighted by atomic mass is 9.89. The van der Waals surface area contributed by atoms with Crippen LogP contribution < -0.4 is 0 Å². The Kier molecular flexibility index (Phi) is 36.9. The van der Waals surface area contributed by atoms with Gasteiger partial charge in [0.25, 0.3) is 0 Å². The van der Waals surface area contributed by atoms with Crippen molar-refractivity contribution in [1.82, 2.24) is 4.90 Å². The van der Waals surface area contributed by atoms with Crippen molar-refractivity contribution in [2.45, 2.75) is 258 Å². The minimum atomic E-state index is -0.00821. The molecule has 1 aliphatic carbocycles. The Balaban J connectivity index is 2.20. The van der Waals surface area contributed by atoms with E-state index in [2.05, 4.69) is 25.7 Å². The van der Waals surface area contributed by atoms with Gasteiger partial charge in [0.1, 0.15) is 0 Å². The van der Waals surface area contributed by atoms with Crippen LogP contribution in [-0.4, -0.2) is 54.9 Å². The van der Waals surface area contributed by atoms with Crippen LogP contribution in [0, 0.1) is 0 Å². The van der Waals surface area contributed by atoms with Crippen LogP contribution >= 0.6 is 0 Å². The van der Waals surface area contributed by atoms with Crippen molar-refractivity contribution in [3.8, 4) is 0 Å². The molecule has 1 aliphatic rings. The number of hydrogen-bond donors (Lipinski definition) is 1. The Morgan fingerprint density at radius 1 is 0.547 bits per heavy atom. The van der Waals surface area contributed by atoms with Gasteiger partial charge in [-0.15, -0.1) is 0 Å². The summed E-state index contributed by atoms with van der Waals surface area (Å²) in [6.07, 6.45) is 45.7. The number of ether oxygens (including phenoxy) is 2. The molecule has 0 spiro atoms. The molecule has 5 heteroatoms. The molecule has 0 radical (unpaired) electrons. The van der Waals surface area contributed by atoms with Gasteiger partial charge in [0.2, 0.25) is 0 Å². The third-order valence-corrected chi connectivity index (χ3v) is 11.6. The van der Waals surface area contributed by atoms with E-state index in [1.165, 1.54) is 205 Å². The average Bonchev–Trinajstić information content (AvgIpc) is 3.13. The molecule has 0 aromatic heterocycles. The zero-order valence-electron chi connectivity index (χ0n) is 36.2. The summed E-state index contributed by atoms with van der Waals surface area (Å²) in [4.78, 5) is 14.4. The Bertz CT molecular complexity index is 791. The lowest BCUT2D eigenvalue weighted by Gasteiger charge is -2.27. The largest absolute Gasteiger partial charge is 0.495 e. The minimum absolute atomic E-state index is 0.00821. The van der Waals surface area contributed by atoms with E-state index in [0.717, 1.165) is 45.3 Å². The third kappa shape index (κ3) is 31.8. The highest BCUT2D eigenvalue weighted by Gasteiger charge is 2.19. The molecule has 1 saturated carbocycles. The molecule has 0 heterocycles. The van der Waals surface area contributed by atoms with Gasteiger partial charge in [-0.2, -0.15) is 0 Å². The number of esters is 1. The van der Waals surface area contributed by atoms with E-state index in [9.17, 15) is 9.90 Å². The summed E-state index contributed by atoms with van der Waals surface area (Å²) >= 11 is 0. The zero-order chi connectivity index (χ0) is 38.3. The Morgan fingerprint density at radius 3 is 1.45 bits per heavy atom. The van der Waals surface area contributed by atoms with Gasteiger partial charge < -0.3 is 19.5 Å². The topological polar surface area (TPSA) is 59.0 Å².